The van der Waals surface area contributed by atoms with Gasteiger partial charge in [-0.25, -0.2) is 4.99 Å². The molecule has 0 amide bonds. The molecule has 6 N–H and O–H groups in total. The maximum Gasteiger partial charge on any atom is 0.325 e. The zero-order valence-electron chi connectivity index (χ0n) is 13.3. The highest BCUT2D eigenvalue weighted by Gasteiger charge is 2.23. The summed E-state index contributed by atoms with van der Waals surface area (Å²) in [4.78, 5) is 34.1. The number of carboxylic acids is 2. The van der Waals surface area contributed by atoms with E-state index in [0.717, 1.165) is 0 Å². The molecule has 0 saturated carbocycles. The first-order chi connectivity index (χ1) is 9.83. The SMILES string of the molecule is CC(=O)O[C@H](CC(=O)O)C[N+](C)(C)C.NC(N)=NCC(=O)O. The fourth-order valence-electron chi connectivity index (χ4n) is 1.34. The molecular weight excluding hydrogens is 296 g/mol. The Morgan fingerprint density at radius 1 is 1.14 bits per heavy atom. The number of hydrogen-bond donors (Lipinski definition) is 4. The minimum absolute atomic E-state index is 0.144. The Morgan fingerprint density at radius 3 is 1.86 bits per heavy atom. The first-order valence-electron chi connectivity index (χ1n) is 6.30. The van der Waals surface area contributed by atoms with Crippen molar-refractivity contribution in [3.8, 4) is 0 Å². The molecular formula is C12H25N4O6+. The number of aliphatic imine (C=N–C) groups is 1. The lowest BCUT2D eigenvalue weighted by Crippen LogP contribution is -2.43. The Morgan fingerprint density at radius 2 is 1.64 bits per heavy atom. The van der Waals surface area contributed by atoms with Crippen molar-refractivity contribution in [2.45, 2.75) is 19.4 Å². The highest BCUT2D eigenvalue weighted by Crippen LogP contribution is 2.04. The third-order valence-electron chi connectivity index (χ3n) is 1.88. The lowest BCUT2D eigenvalue weighted by atomic mass is 10.2. The van der Waals surface area contributed by atoms with Crippen LogP contribution in [0.2, 0.25) is 0 Å². The van der Waals surface area contributed by atoms with Gasteiger partial charge in [0, 0.05) is 6.92 Å². The second-order valence-electron chi connectivity index (χ2n) is 5.44. The van der Waals surface area contributed by atoms with Crippen molar-refractivity contribution in [2.24, 2.45) is 16.5 Å². The van der Waals surface area contributed by atoms with Gasteiger partial charge in [0.1, 0.15) is 13.1 Å². The molecule has 0 aliphatic heterocycles. The zero-order chi connectivity index (χ0) is 17.9. The molecule has 0 unspecified atom stereocenters. The normalized spacial score (nSPS) is 11.5. The maximum absolute atomic E-state index is 10.7. The Kier molecular flexibility index (Phi) is 10.3. The molecule has 128 valence electrons. The average molecular weight is 321 g/mol. The number of guanidine groups is 1. The lowest BCUT2D eigenvalue weighted by Gasteiger charge is -2.28. The molecule has 10 heteroatoms. The molecule has 0 bridgehead atoms. The van der Waals surface area contributed by atoms with Gasteiger partial charge in [-0.15, -0.1) is 0 Å². The molecule has 0 aliphatic carbocycles. The summed E-state index contributed by atoms with van der Waals surface area (Å²) in [6, 6.07) is 0. The van der Waals surface area contributed by atoms with Gasteiger partial charge < -0.3 is 30.9 Å². The number of carboxylic acid groups (broad SMARTS) is 2. The molecule has 0 aliphatic rings. The number of nitrogens with two attached hydrogens (primary N) is 2. The summed E-state index contributed by atoms with van der Waals surface area (Å²) in [6.45, 7) is 1.42. The number of rotatable bonds is 7. The minimum atomic E-state index is -1.04. The second-order valence-corrected chi connectivity index (χ2v) is 5.44. The van der Waals surface area contributed by atoms with Gasteiger partial charge in [0.2, 0.25) is 0 Å². The third-order valence-corrected chi connectivity index (χ3v) is 1.88. The molecule has 10 nitrogen and oxygen atoms in total. The van der Waals surface area contributed by atoms with E-state index in [4.69, 9.17) is 26.4 Å². The second kappa shape index (κ2) is 10.4. The monoisotopic (exact) mass is 321 g/mol. The summed E-state index contributed by atoms with van der Waals surface area (Å²) in [5.41, 5.74) is 9.61. The standard InChI is InChI=1S/C9H17NO4.C3H7N3O2/c1-7(11)14-8(5-9(12)13)6-10(2,3)4;4-3(5)6-1-2(7)8/h8H,5-6H2,1-4H3;1H2,(H,7,8)(H4,4,5,6)/p+1/t8-;/m1./s1. The fraction of sp³-hybridized carbons (Fsp3) is 0.667. The van der Waals surface area contributed by atoms with Crippen molar-refractivity contribution in [1.82, 2.24) is 0 Å². The van der Waals surface area contributed by atoms with E-state index in [0.29, 0.717) is 11.0 Å². The van der Waals surface area contributed by atoms with Gasteiger partial charge in [-0.1, -0.05) is 0 Å². The third kappa shape index (κ3) is 20.0. The van der Waals surface area contributed by atoms with Crippen LogP contribution in [0.15, 0.2) is 4.99 Å². The van der Waals surface area contributed by atoms with Crippen LogP contribution in [0.1, 0.15) is 13.3 Å². The first kappa shape index (κ1) is 21.9. The smallest absolute Gasteiger partial charge is 0.325 e. The fourth-order valence-corrected chi connectivity index (χ4v) is 1.34. The molecule has 0 aromatic carbocycles. The van der Waals surface area contributed by atoms with Crippen molar-refractivity contribution in [1.29, 1.82) is 0 Å². The molecule has 22 heavy (non-hydrogen) atoms. The van der Waals surface area contributed by atoms with Gasteiger partial charge in [-0.3, -0.25) is 14.4 Å². The highest BCUT2D eigenvalue weighted by atomic mass is 16.5. The number of aliphatic carboxylic acids is 2. The summed E-state index contributed by atoms with van der Waals surface area (Å²) in [7, 11) is 5.75. The zero-order valence-corrected chi connectivity index (χ0v) is 13.3. The Balaban J connectivity index is 0. The van der Waals surface area contributed by atoms with Gasteiger partial charge >= 0.3 is 17.9 Å². The Hall–Kier alpha value is -2.36. The van der Waals surface area contributed by atoms with Crippen LogP contribution in [0.5, 0.6) is 0 Å². The number of quaternary nitrogens is 1. The van der Waals surface area contributed by atoms with E-state index in [-0.39, 0.29) is 18.9 Å². The highest BCUT2D eigenvalue weighted by molar-refractivity contribution is 5.79. The van der Waals surface area contributed by atoms with Crippen LogP contribution >= 0.6 is 0 Å². The Labute approximate surface area is 128 Å². The summed E-state index contributed by atoms with van der Waals surface area (Å²) < 4.78 is 5.46. The number of nitrogens with zero attached hydrogens (tertiary/aromatic N) is 2. The van der Waals surface area contributed by atoms with Crippen LogP contribution in [0.3, 0.4) is 0 Å². The number of likely N-dealkylation sites (N-methyl/N-ethyl adjacent to an activating group) is 1. The van der Waals surface area contributed by atoms with Crippen molar-refractivity contribution in [3.63, 3.8) is 0 Å². The topological polar surface area (TPSA) is 165 Å². The van der Waals surface area contributed by atoms with Gasteiger partial charge in [-0.2, -0.15) is 0 Å². The van der Waals surface area contributed by atoms with Crippen LogP contribution < -0.4 is 11.5 Å². The van der Waals surface area contributed by atoms with E-state index in [1.807, 2.05) is 21.1 Å². The quantitative estimate of drug-likeness (QED) is 0.189. The summed E-state index contributed by atoms with van der Waals surface area (Å²) in [5.74, 6) is -2.64. The van der Waals surface area contributed by atoms with Crippen LogP contribution in [-0.2, 0) is 19.1 Å². The predicted molar refractivity (Wildman–Crippen MR) is 79.0 cm³/mol. The molecule has 0 heterocycles. The molecule has 1 atom stereocenters. The van der Waals surface area contributed by atoms with E-state index < -0.39 is 24.0 Å². The Bertz CT molecular complexity index is 396. The lowest BCUT2D eigenvalue weighted by molar-refractivity contribution is -0.873. The molecule has 0 aromatic rings. The molecule has 0 radical (unpaired) electrons. The summed E-state index contributed by atoms with van der Waals surface area (Å²) in [6.07, 6.45) is -0.695. The van der Waals surface area contributed by atoms with E-state index in [2.05, 4.69) is 4.99 Å². The maximum atomic E-state index is 10.7. The van der Waals surface area contributed by atoms with Crippen molar-refractivity contribution in [3.05, 3.63) is 0 Å². The van der Waals surface area contributed by atoms with E-state index in [9.17, 15) is 14.4 Å². The number of esters is 1. The summed E-state index contributed by atoms with van der Waals surface area (Å²) in [5, 5.41) is 16.5. The first-order valence-corrected chi connectivity index (χ1v) is 6.30. The molecule has 0 saturated heterocycles. The van der Waals surface area contributed by atoms with Crippen LogP contribution in [-0.4, -0.2) is 78.9 Å². The average Bonchev–Trinajstić information content (AvgIpc) is 2.22. The van der Waals surface area contributed by atoms with E-state index in [1.54, 1.807) is 0 Å². The summed E-state index contributed by atoms with van der Waals surface area (Å²) >= 11 is 0. The van der Waals surface area contributed by atoms with E-state index in [1.165, 1.54) is 6.92 Å². The largest absolute Gasteiger partial charge is 0.481 e. The molecule has 0 rings (SSSR count). The van der Waals surface area contributed by atoms with Gasteiger partial charge in [-0.05, 0) is 0 Å². The van der Waals surface area contributed by atoms with Gasteiger partial charge in [0.15, 0.2) is 12.1 Å². The van der Waals surface area contributed by atoms with Crippen molar-refractivity contribution >= 4 is 23.9 Å². The van der Waals surface area contributed by atoms with E-state index >= 15 is 0 Å². The van der Waals surface area contributed by atoms with Crippen LogP contribution in [0.25, 0.3) is 0 Å². The molecule has 0 aromatic heterocycles. The number of ether oxygens (including phenoxy) is 1. The molecule has 0 fully saturated rings. The van der Waals surface area contributed by atoms with Crippen LogP contribution in [0.4, 0.5) is 0 Å². The predicted octanol–water partition coefficient (Wildman–Crippen LogP) is -1.56. The molecule has 0 spiro atoms. The van der Waals surface area contributed by atoms with Gasteiger partial charge in [0.05, 0.1) is 27.6 Å². The van der Waals surface area contributed by atoms with Crippen LogP contribution in [0, 0.1) is 0 Å². The van der Waals surface area contributed by atoms with Crippen molar-refractivity contribution in [2.75, 3.05) is 34.2 Å². The number of carbonyl (C=O) groups excluding carboxylic acids is 1. The number of hydrogen-bond acceptors (Lipinski definition) is 5. The minimum Gasteiger partial charge on any atom is -0.481 e. The van der Waals surface area contributed by atoms with Crippen molar-refractivity contribution < 1.29 is 33.8 Å². The van der Waals surface area contributed by atoms with Gasteiger partial charge in [0.25, 0.3) is 0 Å². The number of carbonyl (C=O) groups is 3.